The Morgan fingerprint density at radius 1 is 1.25 bits per heavy atom. The largest absolute Gasteiger partial charge is 0.348 e. The molecular weight excluding hydrogens is 374 g/mol. The van der Waals surface area contributed by atoms with E-state index >= 15 is 0 Å². The second kappa shape index (κ2) is 7.71. The van der Waals surface area contributed by atoms with Crippen LogP contribution in [0.25, 0.3) is 11.0 Å². The predicted molar refractivity (Wildman–Crippen MR) is 109 cm³/mol. The molecule has 1 aromatic carbocycles. The van der Waals surface area contributed by atoms with Crippen molar-refractivity contribution in [1.29, 1.82) is 0 Å². The summed E-state index contributed by atoms with van der Waals surface area (Å²) in [5.74, 6) is 0.799. The number of fused-ring (bicyclic) bond motifs is 1. The highest BCUT2D eigenvalue weighted by Gasteiger charge is 2.24. The lowest BCUT2D eigenvalue weighted by Crippen LogP contribution is -2.36. The molecule has 28 heavy (non-hydrogen) atoms. The third-order valence-electron chi connectivity index (χ3n) is 5.15. The first-order valence-electron chi connectivity index (χ1n) is 9.48. The van der Waals surface area contributed by atoms with Gasteiger partial charge in [-0.2, -0.15) is 0 Å². The van der Waals surface area contributed by atoms with Crippen molar-refractivity contribution >= 4 is 34.2 Å². The predicted octanol–water partition coefficient (Wildman–Crippen LogP) is 3.06. The molecule has 0 aliphatic carbocycles. The van der Waals surface area contributed by atoms with Crippen LogP contribution < -0.4 is 5.32 Å². The zero-order valence-corrected chi connectivity index (χ0v) is 16.8. The molecule has 4 rings (SSSR count). The van der Waals surface area contributed by atoms with Gasteiger partial charge in [-0.3, -0.25) is 9.59 Å². The average molecular weight is 398 g/mol. The van der Waals surface area contributed by atoms with Gasteiger partial charge in [0.2, 0.25) is 0 Å². The van der Waals surface area contributed by atoms with E-state index in [0.29, 0.717) is 23.5 Å². The molecule has 7 nitrogen and oxygen atoms in total. The normalized spacial score (nSPS) is 17.5. The molecule has 146 valence electrons. The molecule has 0 saturated carbocycles. The van der Waals surface area contributed by atoms with Crippen molar-refractivity contribution in [3.05, 3.63) is 45.7 Å². The zero-order valence-electron chi connectivity index (χ0n) is 16.0. The van der Waals surface area contributed by atoms with Crippen LogP contribution in [-0.4, -0.2) is 50.8 Å². The van der Waals surface area contributed by atoms with E-state index in [-0.39, 0.29) is 17.9 Å². The van der Waals surface area contributed by atoms with Gasteiger partial charge in [-0.25, -0.2) is 9.97 Å². The number of carbonyl (C=O) groups is 2. The number of rotatable bonds is 3. The zero-order chi connectivity index (χ0) is 19.7. The van der Waals surface area contributed by atoms with Gasteiger partial charge < -0.3 is 15.2 Å². The molecule has 3 aromatic rings. The van der Waals surface area contributed by atoms with Gasteiger partial charge in [0.15, 0.2) is 0 Å². The number of amides is 2. The van der Waals surface area contributed by atoms with Crippen LogP contribution in [0, 0.1) is 13.8 Å². The van der Waals surface area contributed by atoms with E-state index in [2.05, 4.69) is 20.3 Å². The first kappa shape index (κ1) is 18.6. The van der Waals surface area contributed by atoms with Crippen LogP contribution in [0.2, 0.25) is 0 Å². The lowest BCUT2D eigenvalue weighted by Gasteiger charge is -2.21. The van der Waals surface area contributed by atoms with Gasteiger partial charge in [0.05, 0.1) is 22.2 Å². The van der Waals surface area contributed by atoms with Crippen LogP contribution in [0.5, 0.6) is 0 Å². The maximum absolute atomic E-state index is 13.0. The number of nitrogens with one attached hydrogen (secondary N) is 2. The monoisotopic (exact) mass is 397 g/mol. The van der Waals surface area contributed by atoms with Gasteiger partial charge in [0, 0.05) is 24.7 Å². The van der Waals surface area contributed by atoms with Crippen molar-refractivity contribution in [2.24, 2.45) is 0 Å². The lowest BCUT2D eigenvalue weighted by atomic mass is 10.1. The van der Waals surface area contributed by atoms with Crippen LogP contribution >= 0.6 is 11.3 Å². The van der Waals surface area contributed by atoms with Gasteiger partial charge in [-0.15, -0.1) is 11.3 Å². The Labute approximate surface area is 167 Å². The molecule has 0 bridgehead atoms. The third kappa shape index (κ3) is 3.77. The minimum atomic E-state index is -0.0650. The molecule has 0 unspecified atom stereocenters. The Bertz CT molecular complexity index is 1020. The molecule has 0 spiro atoms. The van der Waals surface area contributed by atoms with E-state index in [9.17, 15) is 9.59 Å². The number of benzene rings is 1. The Morgan fingerprint density at radius 3 is 2.89 bits per heavy atom. The SMILES string of the molecule is Cc1nc2ccc(C(=O)N3CCC[C@H](NC(=O)c4scnc4C)CC3)cc2[nH]1. The lowest BCUT2D eigenvalue weighted by molar-refractivity contribution is 0.0761. The summed E-state index contributed by atoms with van der Waals surface area (Å²) in [6.07, 6.45) is 2.48. The molecule has 1 aliphatic rings. The maximum atomic E-state index is 13.0. The second-order valence-corrected chi connectivity index (χ2v) is 8.07. The Kier molecular flexibility index (Phi) is 5.13. The van der Waals surface area contributed by atoms with Crippen molar-refractivity contribution in [3.8, 4) is 0 Å². The first-order chi connectivity index (χ1) is 13.5. The number of hydrogen-bond acceptors (Lipinski definition) is 5. The first-order valence-corrected chi connectivity index (χ1v) is 10.4. The standard InChI is InChI=1S/C20H23N5O2S/c1-12-18(28-11-21-12)19(26)24-15-4-3-8-25(9-7-15)20(27)14-5-6-16-17(10-14)23-13(2)22-16/h5-6,10-11,15H,3-4,7-9H2,1-2H3,(H,22,23)(H,24,26)/t15-/m0/s1. The highest BCUT2D eigenvalue weighted by molar-refractivity contribution is 7.11. The van der Waals surface area contributed by atoms with E-state index in [1.807, 2.05) is 36.9 Å². The van der Waals surface area contributed by atoms with Crippen molar-refractivity contribution in [1.82, 2.24) is 25.2 Å². The average Bonchev–Trinajstić information content (AvgIpc) is 3.19. The van der Waals surface area contributed by atoms with Gasteiger partial charge in [0.1, 0.15) is 10.7 Å². The highest BCUT2D eigenvalue weighted by atomic mass is 32.1. The number of carbonyl (C=O) groups excluding carboxylic acids is 2. The van der Waals surface area contributed by atoms with Crippen LogP contribution in [-0.2, 0) is 0 Å². The van der Waals surface area contributed by atoms with E-state index in [0.717, 1.165) is 41.8 Å². The molecule has 0 radical (unpaired) electrons. The van der Waals surface area contributed by atoms with Crippen molar-refractivity contribution in [2.75, 3.05) is 13.1 Å². The van der Waals surface area contributed by atoms with Crippen LogP contribution in [0.1, 0.15) is 50.8 Å². The summed E-state index contributed by atoms with van der Waals surface area (Å²) in [5.41, 5.74) is 4.86. The number of H-pyrrole nitrogens is 1. The van der Waals surface area contributed by atoms with Crippen molar-refractivity contribution in [2.45, 2.75) is 39.2 Å². The van der Waals surface area contributed by atoms with E-state index in [4.69, 9.17) is 0 Å². The Morgan fingerprint density at radius 2 is 2.11 bits per heavy atom. The molecule has 1 atom stereocenters. The summed E-state index contributed by atoms with van der Waals surface area (Å²) in [6.45, 7) is 5.08. The summed E-state index contributed by atoms with van der Waals surface area (Å²) in [4.78, 5) is 39.7. The molecule has 1 saturated heterocycles. The van der Waals surface area contributed by atoms with Gasteiger partial charge in [-0.1, -0.05) is 0 Å². The minimum Gasteiger partial charge on any atom is -0.348 e. The topological polar surface area (TPSA) is 91.0 Å². The molecule has 2 N–H and O–H groups in total. The number of likely N-dealkylation sites (tertiary alicyclic amines) is 1. The molecule has 1 aliphatic heterocycles. The number of aryl methyl sites for hydroxylation is 2. The molecular formula is C20H23N5O2S. The van der Waals surface area contributed by atoms with Crippen LogP contribution in [0.15, 0.2) is 23.7 Å². The molecule has 2 aromatic heterocycles. The Hall–Kier alpha value is -2.74. The Balaban J connectivity index is 1.40. The summed E-state index contributed by atoms with van der Waals surface area (Å²) in [7, 11) is 0. The van der Waals surface area contributed by atoms with Crippen LogP contribution in [0.4, 0.5) is 0 Å². The number of aromatic nitrogens is 3. The summed E-state index contributed by atoms with van der Waals surface area (Å²) in [5, 5.41) is 3.11. The second-order valence-electron chi connectivity index (χ2n) is 7.21. The third-order valence-corrected chi connectivity index (χ3v) is 6.08. The van der Waals surface area contributed by atoms with Crippen LogP contribution in [0.3, 0.4) is 0 Å². The van der Waals surface area contributed by atoms with Gasteiger partial charge in [0.25, 0.3) is 11.8 Å². The van der Waals surface area contributed by atoms with Crippen molar-refractivity contribution in [3.63, 3.8) is 0 Å². The van der Waals surface area contributed by atoms with Gasteiger partial charge >= 0.3 is 0 Å². The smallest absolute Gasteiger partial charge is 0.263 e. The van der Waals surface area contributed by atoms with Crippen molar-refractivity contribution < 1.29 is 9.59 Å². The fraction of sp³-hybridized carbons (Fsp3) is 0.400. The fourth-order valence-corrected chi connectivity index (χ4v) is 4.37. The number of thiazole rings is 1. The summed E-state index contributed by atoms with van der Waals surface area (Å²) < 4.78 is 0. The minimum absolute atomic E-state index is 0.0273. The van der Waals surface area contributed by atoms with E-state index < -0.39 is 0 Å². The maximum Gasteiger partial charge on any atom is 0.263 e. The summed E-state index contributed by atoms with van der Waals surface area (Å²) >= 11 is 1.36. The molecule has 3 heterocycles. The molecule has 1 fully saturated rings. The number of imidazole rings is 1. The van der Waals surface area contributed by atoms with Gasteiger partial charge in [-0.05, 0) is 51.3 Å². The number of nitrogens with zero attached hydrogens (tertiary/aromatic N) is 3. The quantitative estimate of drug-likeness (QED) is 0.711. The summed E-state index contributed by atoms with van der Waals surface area (Å²) in [6, 6.07) is 5.66. The fourth-order valence-electron chi connectivity index (χ4n) is 3.67. The van der Waals surface area contributed by atoms with E-state index in [1.165, 1.54) is 11.3 Å². The molecule has 2 amide bonds. The number of aromatic amines is 1. The molecule has 8 heteroatoms. The highest BCUT2D eigenvalue weighted by Crippen LogP contribution is 2.19. The number of hydrogen-bond donors (Lipinski definition) is 2. The van der Waals surface area contributed by atoms with E-state index in [1.54, 1.807) is 5.51 Å².